The molecule has 1 aliphatic rings. The summed E-state index contributed by atoms with van der Waals surface area (Å²) >= 11 is 2.09. The van der Waals surface area contributed by atoms with Gasteiger partial charge in [0, 0.05) is 29.5 Å². The molecule has 2 rings (SSSR count). The average molecular weight is 345 g/mol. The van der Waals surface area contributed by atoms with Gasteiger partial charge in [-0.25, -0.2) is 0 Å². The number of ketones is 1. The summed E-state index contributed by atoms with van der Waals surface area (Å²) in [4.78, 5) is 24.8. The second-order valence-corrected chi connectivity index (χ2v) is 5.24. The molecule has 0 unspecified atom stereocenters. The zero-order valence-corrected chi connectivity index (χ0v) is 11.3. The van der Waals surface area contributed by atoms with E-state index in [0.717, 1.165) is 3.57 Å². The van der Waals surface area contributed by atoms with Crippen molar-refractivity contribution < 1.29 is 14.7 Å². The lowest BCUT2D eigenvalue weighted by atomic mass is 10.1. The first-order valence-electron chi connectivity index (χ1n) is 5.37. The Bertz CT molecular complexity index is 463. The van der Waals surface area contributed by atoms with Crippen LogP contribution in [0.4, 0.5) is 0 Å². The van der Waals surface area contributed by atoms with E-state index >= 15 is 0 Å². The van der Waals surface area contributed by atoms with Crippen LogP contribution in [0.5, 0.6) is 5.75 Å². The van der Waals surface area contributed by atoms with Gasteiger partial charge < -0.3 is 10.0 Å². The van der Waals surface area contributed by atoms with Crippen molar-refractivity contribution in [3.63, 3.8) is 0 Å². The summed E-state index contributed by atoms with van der Waals surface area (Å²) in [7, 11) is 0. The first-order chi connectivity index (χ1) is 8.08. The summed E-state index contributed by atoms with van der Waals surface area (Å²) in [6, 6.07) is 4.92. The number of aromatic hydroxyl groups is 1. The van der Waals surface area contributed by atoms with Gasteiger partial charge in [0.15, 0.2) is 0 Å². The van der Waals surface area contributed by atoms with Crippen molar-refractivity contribution in [1.29, 1.82) is 0 Å². The van der Waals surface area contributed by atoms with E-state index in [0.29, 0.717) is 31.5 Å². The van der Waals surface area contributed by atoms with Crippen LogP contribution in [0.1, 0.15) is 23.2 Å². The number of nitrogens with zero attached hydrogens (tertiary/aromatic N) is 1. The summed E-state index contributed by atoms with van der Waals surface area (Å²) in [5.41, 5.74) is 0.311. The molecule has 90 valence electrons. The Hall–Kier alpha value is -1.11. The van der Waals surface area contributed by atoms with Crippen molar-refractivity contribution in [1.82, 2.24) is 4.90 Å². The highest BCUT2D eigenvalue weighted by Gasteiger charge is 2.23. The van der Waals surface area contributed by atoms with Gasteiger partial charge in [-0.15, -0.1) is 0 Å². The average Bonchev–Trinajstić information content (AvgIpc) is 2.32. The highest BCUT2D eigenvalue weighted by Crippen LogP contribution is 2.22. The SMILES string of the molecule is O=C1CCN(C(=O)c2cc(I)ccc2O)CC1. The minimum atomic E-state index is -0.200. The Morgan fingerprint density at radius 3 is 2.59 bits per heavy atom. The predicted molar refractivity (Wildman–Crippen MR) is 71.0 cm³/mol. The maximum absolute atomic E-state index is 12.1. The van der Waals surface area contributed by atoms with Crippen LogP contribution in [0, 0.1) is 3.57 Å². The Morgan fingerprint density at radius 2 is 1.94 bits per heavy atom. The molecule has 1 saturated heterocycles. The fourth-order valence-corrected chi connectivity index (χ4v) is 2.30. The van der Waals surface area contributed by atoms with Gasteiger partial charge in [-0.05, 0) is 40.8 Å². The molecule has 17 heavy (non-hydrogen) atoms. The number of phenols is 1. The van der Waals surface area contributed by atoms with E-state index in [4.69, 9.17) is 0 Å². The zero-order valence-electron chi connectivity index (χ0n) is 9.15. The fourth-order valence-electron chi connectivity index (χ4n) is 1.81. The molecule has 1 amide bonds. The Labute approximate surface area is 113 Å². The van der Waals surface area contributed by atoms with Crippen LogP contribution in [0.25, 0.3) is 0 Å². The van der Waals surface area contributed by atoms with Crippen LogP contribution < -0.4 is 0 Å². The van der Waals surface area contributed by atoms with Gasteiger partial charge in [0.05, 0.1) is 5.56 Å². The number of Topliss-reactive ketones (excluding diaryl/α,β-unsaturated/α-hetero) is 1. The number of rotatable bonds is 1. The second-order valence-electron chi connectivity index (χ2n) is 3.99. The van der Waals surface area contributed by atoms with E-state index in [2.05, 4.69) is 22.6 Å². The molecule has 1 fully saturated rings. The lowest BCUT2D eigenvalue weighted by Crippen LogP contribution is -2.38. The zero-order chi connectivity index (χ0) is 12.4. The molecule has 0 aromatic heterocycles. The van der Waals surface area contributed by atoms with Gasteiger partial charge in [0.1, 0.15) is 11.5 Å². The largest absolute Gasteiger partial charge is 0.507 e. The highest BCUT2D eigenvalue weighted by atomic mass is 127. The fraction of sp³-hybridized carbons (Fsp3) is 0.333. The lowest BCUT2D eigenvalue weighted by molar-refractivity contribution is -0.120. The smallest absolute Gasteiger partial charge is 0.257 e. The predicted octanol–water partition coefficient (Wildman–Crippen LogP) is 1.80. The van der Waals surface area contributed by atoms with E-state index < -0.39 is 0 Å². The number of carbonyl (C=O) groups is 2. The van der Waals surface area contributed by atoms with E-state index in [1.54, 1.807) is 17.0 Å². The van der Waals surface area contributed by atoms with Crippen molar-refractivity contribution in [2.75, 3.05) is 13.1 Å². The van der Waals surface area contributed by atoms with Crippen molar-refractivity contribution in [3.05, 3.63) is 27.3 Å². The second kappa shape index (κ2) is 5.03. The van der Waals surface area contributed by atoms with Crippen LogP contribution >= 0.6 is 22.6 Å². The van der Waals surface area contributed by atoms with Gasteiger partial charge in [-0.1, -0.05) is 0 Å². The first-order valence-corrected chi connectivity index (χ1v) is 6.45. The number of likely N-dealkylation sites (tertiary alicyclic amines) is 1. The van der Waals surface area contributed by atoms with Gasteiger partial charge >= 0.3 is 0 Å². The minimum absolute atomic E-state index is 0.00711. The summed E-state index contributed by atoms with van der Waals surface area (Å²) in [5.74, 6) is -0.0123. The summed E-state index contributed by atoms with van der Waals surface area (Å²) in [6.45, 7) is 0.894. The van der Waals surface area contributed by atoms with E-state index in [1.807, 2.05) is 0 Å². The van der Waals surface area contributed by atoms with Crippen LogP contribution in [0.15, 0.2) is 18.2 Å². The van der Waals surface area contributed by atoms with Crippen molar-refractivity contribution >= 4 is 34.3 Å². The van der Waals surface area contributed by atoms with Crippen LogP contribution in [-0.4, -0.2) is 34.8 Å². The van der Waals surface area contributed by atoms with E-state index in [1.165, 1.54) is 6.07 Å². The third kappa shape index (κ3) is 2.77. The number of phenolic OH excluding ortho intramolecular Hbond substituents is 1. The quantitative estimate of drug-likeness (QED) is 0.790. The van der Waals surface area contributed by atoms with Crippen molar-refractivity contribution in [2.24, 2.45) is 0 Å². The molecule has 1 heterocycles. The van der Waals surface area contributed by atoms with Crippen molar-refractivity contribution in [2.45, 2.75) is 12.8 Å². The number of benzene rings is 1. The number of hydrogen-bond acceptors (Lipinski definition) is 3. The molecule has 1 N–H and O–H groups in total. The van der Waals surface area contributed by atoms with E-state index in [-0.39, 0.29) is 17.4 Å². The molecule has 0 atom stereocenters. The molecular weight excluding hydrogens is 333 g/mol. The number of hydrogen-bond donors (Lipinski definition) is 1. The summed E-state index contributed by atoms with van der Waals surface area (Å²) in [6.07, 6.45) is 0.826. The number of carbonyl (C=O) groups excluding carboxylic acids is 2. The van der Waals surface area contributed by atoms with Gasteiger partial charge in [-0.2, -0.15) is 0 Å². The Balaban J connectivity index is 2.19. The molecule has 5 heteroatoms. The standard InChI is InChI=1S/C12H12INO3/c13-8-1-2-11(16)10(7-8)12(17)14-5-3-9(15)4-6-14/h1-2,7,16H,3-6H2. The third-order valence-electron chi connectivity index (χ3n) is 2.80. The molecule has 4 nitrogen and oxygen atoms in total. The topological polar surface area (TPSA) is 57.6 Å². The van der Waals surface area contributed by atoms with E-state index in [9.17, 15) is 14.7 Å². The molecule has 1 aromatic rings. The maximum atomic E-state index is 12.1. The number of amides is 1. The summed E-state index contributed by atoms with van der Waals surface area (Å²) < 4.78 is 0.900. The summed E-state index contributed by atoms with van der Waals surface area (Å²) in [5, 5.41) is 9.67. The normalized spacial score (nSPS) is 16.1. The van der Waals surface area contributed by atoms with Crippen LogP contribution in [0.3, 0.4) is 0 Å². The Morgan fingerprint density at radius 1 is 1.29 bits per heavy atom. The van der Waals surface area contributed by atoms with Crippen LogP contribution in [-0.2, 0) is 4.79 Å². The molecule has 0 bridgehead atoms. The molecule has 1 aliphatic heterocycles. The van der Waals surface area contributed by atoms with Crippen molar-refractivity contribution in [3.8, 4) is 5.75 Å². The molecule has 0 radical (unpaired) electrons. The molecule has 0 aliphatic carbocycles. The number of piperidine rings is 1. The minimum Gasteiger partial charge on any atom is -0.507 e. The van der Waals surface area contributed by atoms with Crippen LogP contribution in [0.2, 0.25) is 0 Å². The molecule has 1 aromatic carbocycles. The van der Waals surface area contributed by atoms with Gasteiger partial charge in [0.25, 0.3) is 5.91 Å². The number of halogens is 1. The highest BCUT2D eigenvalue weighted by molar-refractivity contribution is 14.1. The molecule has 0 saturated carbocycles. The first kappa shape index (κ1) is 12.3. The molecule has 0 spiro atoms. The molecular formula is C12H12INO3. The lowest BCUT2D eigenvalue weighted by Gasteiger charge is -2.26. The van der Waals surface area contributed by atoms with Gasteiger partial charge in [0.2, 0.25) is 0 Å². The monoisotopic (exact) mass is 345 g/mol. The Kier molecular flexibility index (Phi) is 3.66. The maximum Gasteiger partial charge on any atom is 0.257 e. The third-order valence-corrected chi connectivity index (χ3v) is 3.47. The van der Waals surface area contributed by atoms with Gasteiger partial charge in [-0.3, -0.25) is 9.59 Å².